The molecule has 0 radical (unpaired) electrons. The summed E-state index contributed by atoms with van der Waals surface area (Å²) in [5.74, 6) is 0.111. The lowest BCUT2D eigenvalue weighted by molar-refractivity contribution is -0.116. The van der Waals surface area contributed by atoms with Crippen LogP contribution >= 0.6 is 0 Å². The lowest BCUT2D eigenvalue weighted by Gasteiger charge is -2.02. The van der Waals surface area contributed by atoms with Gasteiger partial charge in [-0.25, -0.2) is 5.43 Å². The minimum Gasteiger partial charge on any atom is -0.476 e. The van der Waals surface area contributed by atoms with Crippen molar-refractivity contribution in [2.45, 2.75) is 13.8 Å². The number of H-pyrrole nitrogens is 1. The van der Waals surface area contributed by atoms with Crippen LogP contribution in [-0.4, -0.2) is 23.4 Å². The molecule has 0 bridgehead atoms. The van der Waals surface area contributed by atoms with Crippen LogP contribution in [0.15, 0.2) is 34.9 Å². The Bertz CT molecular complexity index is 741. The number of carbonyl (C=O) groups excluding carboxylic acids is 1. The second-order valence-electron chi connectivity index (χ2n) is 4.56. The number of aromatic amines is 1. The lowest BCUT2D eigenvalue weighted by Crippen LogP contribution is -2.14. The number of ether oxygens (including phenoxy) is 1. The monoisotopic (exact) mass is 269 g/mol. The molecule has 3 rings (SSSR count). The van der Waals surface area contributed by atoms with Crippen LogP contribution in [0.25, 0.3) is 17.0 Å². The van der Waals surface area contributed by atoms with E-state index in [0.717, 1.165) is 22.2 Å². The molecule has 2 aromatic rings. The van der Waals surface area contributed by atoms with E-state index in [9.17, 15) is 4.79 Å². The molecular formula is C15H15N3O2. The van der Waals surface area contributed by atoms with Crippen molar-refractivity contribution in [3.05, 3.63) is 41.1 Å². The van der Waals surface area contributed by atoms with E-state index in [1.807, 2.05) is 44.2 Å². The fourth-order valence-corrected chi connectivity index (χ4v) is 2.32. The summed E-state index contributed by atoms with van der Waals surface area (Å²) >= 11 is 0. The number of nitrogens with one attached hydrogen (secondary N) is 2. The van der Waals surface area contributed by atoms with Gasteiger partial charge in [0.2, 0.25) is 5.90 Å². The highest BCUT2D eigenvalue weighted by Crippen LogP contribution is 2.25. The predicted molar refractivity (Wildman–Crippen MR) is 78.2 cm³/mol. The molecule has 20 heavy (non-hydrogen) atoms. The Kier molecular flexibility index (Phi) is 3.02. The van der Waals surface area contributed by atoms with Gasteiger partial charge in [-0.3, -0.25) is 4.79 Å². The Balaban J connectivity index is 2.12. The number of aromatic nitrogens is 1. The molecule has 1 aliphatic rings. The Morgan fingerprint density at radius 3 is 2.95 bits per heavy atom. The summed E-state index contributed by atoms with van der Waals surface area (Å²) in [5, 5.41) is 4.97. The van der Waals surface area contributed by atoms with Gasteiger partial charge >= 0.3 is 0 Å². The van der Waals surface area contributed by atoms with Gasteiger partial charge in [-0.05, 0) is 26.0 Å². The maximum atomic E-state index is 11.8. The van der Waals surface area contributed by atoms with Crippen LogP contribution < -0.4 is 5.43 Å². The highest BCUT2D eigenvalue weighted by Gasteiger charge is 2.24. The Hall–Kier alpha value is -2.56. The summed E-state index contributed by atoms with van der Waals surface area (Å²) in [5.41, 5.74) is 5.93. The highest BCUT2D eigenvalue weighted by molar-refractivity contribution is 6.25. The first-order valence-electron chi connectivity index (χ1n) is 6.51. The van der Waals surface area contributed by atoms with Gasteiger partial charge in [0, 0.05) is 22.2 Å². The standard InChI is InChI=1S/C15H15N3O2/c1-3-20-15-12(14(19)17-18-15)8-11-9(2)16-13-7-5-4-6-10(11)13/h4-8,16H,3H2,1-2H3,(H,17,19). The van der Waals surface area contributed by atoms with E-state index < -0.39 is 0 Å². The van der Waals surface area contributed by atoms with Crippen LogP contribution in [0, 0.1) is 6.92 Å². The number of hydrogen-bond acceptors (Lipinski definition) is 3. The minimum absolute atomic E-state index is 0.238. The van der Waals surface area contributed by atoms with Gasteiger partial charge in [0.15, 0.2) is 0 Å². The number of amides is 1. The van der Waals surface area contributed by atoms with Crippen molar-refractivity contribution in [2.75, 3.05) is 6.61 Å². The molecule has 2 heterocycles. The van der Waals surface area contributed by atoms with Crippen molar-refractivity contribution >= 4 is 28.8 Å². The molecule has 5 nitrogen and oxygen atoms in total. The van der Waals surface area contributed by atoms with Gasteiger partial charge in [-0.2, -0.15) is 0 Å². The Labute approximate surface area is 116 Å². The smallest absolute Gasteiger partial charge is 0.277 e. The number of carbonyl (C=O) groups is 1. The number of fused-ring (bicyclic) bond motifs is 1. The van der Waals surface area contributed by atoms with E-state index in [2.05, 4.69) is 15.5 Å². The minimum atomic E-state index is -0.238. The zero-order valence-electron chi connectivity index (χ0n) is 11.4. The van der Waals surface area contributed by atoms with Crippen LogP contribution in [0.5, 0.6) is 0 Å². The molecule has 1 aromatic carbocycles. The molecule has 0 fully saturated rings. The first-order valence-corrected chi connectivity index (χ1v) is 6.51. The fourth-order valence-electron chi connectivity index (χ4n) is 2.32. The Morgan fingerprint density at radius 1 is 1.35 bits per heavy atom. The number of hydrazone groups is 1. The van der Waals surface area contributed by atoms with E-state index in [-0.39, 0.29) is 5.91 Å². The van der Waals surface area contributed by atoms with E-state index >= 15 is 0 Å². The van der Waals surface area contributed by atoms with E-state index in [1.54, 1.807) is 0 Å². The summed E-state index contributed by atoms with van der Waals surface area (Å²) in [4.78, 5) is 15.2. The number of rotatable bonds is 2. The molecule has 0 aliphatic carbocycles. The number of benzene rings is 1. The van der Waals surface area contributed by atoms with Gasteiger partial charge in [0.25, 0.3) is 5.91 Å². The molecule has 0 unspecified atom stereocenters. The van der Waals surface area contributed by atoms with Gasteiger partial charge < -0.3 is 9.72 Å². The third kappa shape index (κ3) is 1.97. The quantitative estimate of drug-likeness (QED) is 0.822. The number of aryl methyl sites for hydroxylation is 1. The van der Waals surface area contributed by atoms with Crippen molar-refractivity contribution < 1.29 is 9.53 Å². The van der Waals surface area contributed by atoms with Crippen molar-refractivity contribution in [1.82, 2.24) is 10.4 Å². The summed E-state index contributed by atoms with van der Waals surface area (Å²) in [6, 6.07) is 7.99. The molecule has 0 spiro atoms. The lowest BCUT2D eigenvalue weighted by atomic mass is 10.1. The molecule has 0 saturated carbocycles. The van der Waals surface area contributed by atoms with Crippen molar-refractivity contribution in [3.8, 4) is 0 Å². The molecular weight excluding hydrogens is 254 g/mol. The third-order valence-electron chi connectivity index (χ3n) is 3.25. The molecule has 2 N–H and O–H groups in total. The fraction of sp³-hybridized carbons (Fsp3) is 0.200. The van der Waals surface area contributed by atoms with Crippen LogP contribution in [0.2, 0.25) is 0 Å². The van der Waals surface area contributed by atoms with Crippen molar-refractivity contribution in [1.29, 1.82) is 0 Å². The second-order valence-corrected chi connectivity index (χ2v) is 4.56. The highest BCUT2D eigenvalue weighted by atomic mass is 16.5. The largest absolute Gasteiger partial charge is 0.476 e. The molecule has 5 heteroatoms. The normalized spacial score (nSPS) is 16.6. The first-order chi connectivity index (χ1) is 9.70. The topological polar surface area (TPSA) is 66.5 Å². The molecule has 1 aliphatic heterocycles. The van der Waals surface area contributed by atoms with E-state index in [4.69, 9.17) is 4.74 Å². The summed E-state index contributed by atoms with van der Waals surface area (Å²) in [7, 11) is 0. The summed E-state index contributed by atoms with van der Waals surface area (Å²) in [6.07, 6.45) is 1.82. The molecule has 0 atom stereocenters. The van der Waals surface area contributed by atoms with Gasteiger partial charge in [0.05, 0.1) is 6.61 Å². The van der Waals surface area contributed by atoms with Crippen LogP contribution in [0.3, 0.4) is 0 Å². The van der Waals surface area contributed by atoms with Crippen LogP contribution in [-0.2, 0) is 9.53 Å². The van der Waals surface area contributed by atoms with Crippen LogP contribution in [0.4, 0.5) is 0 Å². The zero-order valence-corrected chi connectivity index (χ0v) is 11.4. The van der Waals surface area contributed by atoms with E-state index in [1.165, 1.54) is 0 Å². The first kappa shape index (κ1) is 12.5. The summed E-state index contributed by atoms with van der Waals surface area (Å²) < 4.78 is 5.37. The molecule has 0 saturated heterocycles. The van der Waals surface area contributed by atoms with Crippen molar-refractivity contribution in [2.24, 2.45) is 5.10 Å². The number of nitrogens with zero attached hydrogens (tertiary/aromatic N) is 1. The SMILES string of the molecule is CCOC1=NNC(=O)C1=Cc1c(C)[nH]c2ccccc12. The second kappa shape index (κ2) is 4.85. The Morgan fingerprint density at radius 2 is 2.15 bits per heavy atom. The zero-order chi connectivity index (χ0) is 14.1. The van der Waals surface area contributed by atoms with Gasteiger partial charge in [-0.1, -0.05) is 18.2 Å². The van der Waals surface area contributed by atoms with Gasteiger partial charge in [-0.15, -0.1) is 5.10 Å². The van der Waals surface area contributed by atoms with E-state index in [0.29, 0.717) is 18.1 Å². The maximum Gasteiger partial charge on any atom is 0.277 e. The average molecular weight is 269 g/mol. The average Bonchev–Trinajstić information content (AvgIpc) is 2.94. The number of para-hydroxylation sites is 1. The summed E-state index contributed by atoms with van der Waals surface area (Å²) in [6.45, 7) is 4.31. The van der Waals surface area contributed by atoms with Gasteiger partial charge in [0.1, 0.15) is 5.57 Å². The molecule has 1 aromatic heterocycles. The van der Waals surface area contributed by atoms with Crippen molar-refractivity contribution in [3.63, 3.8) is 0 Å². The predicted octanol–water partition coefficient (Wildman–Crippen LogP) is 2.34. The molecule has 102 valence electrons. The molecule has 1 amide bonds. The third-order valence-corrected chi connectivity index (χ3v) is 3.25. The number of hydrogen-bond donors (Lipinski definition) is 2. The maximum absolute atomic E-state index is 11.8. The van der Waals surface area contributed by atoms with Crippen LogP contribution in [0.1, 0.15) is 18.2 Å².